The Morgan fingerprint density at radius 3 is 2.75 bits per heavy atom. The van der Waals surface area contributed by atoms with Crippen molar-refractivity contribution in [3.8, 4) is 0 Å². The number of anilines is 1. The van der Waals surface area contributed by atoms with Gasteiger partial charge in [-0.1, -0.05) is 0 Å². The lowest BCUT2D eigenvalue weighted by Gasteiger charge is -2.36. The van der Waals surface area contributed by atoms with Crippen molar-refractivity contribution in [3.05, 3.63) is 51.8 Å². The van der Waals surface area contributed by atoms with E-state index in [1.165, 1.54) is 6.07 Å². The van der Waals surface area contributed by atoms with Crippen molar-refractivity contribution in [2.75, 3.05) is 11.4 Å². The van der Waals surface area contributed by atoms with Crippen LogP contribution in [0.1, 0.15) is 36.4 Å². The molecule has 1 aliphatic rings. The van der Waals surface area contributed by atoms with E-state index in [4.69, 9.17) is 0 Å². The summed E-state index contributed by atoms with van der Waals surface area (Å²) in [4.78, 5) is 12.4. The number of nitro groups is 1. The standard InChI is InChI=1S/C15H15F3N4O2/c16-15(17,18)11-4-5-13(14(7-11)22(23)24)21-6-2-1-3-12(21)10-8-19-20-9-10/h4-5,7-9,12H,1-3,6H2,(H,19,20). The normalized spacial score (nSPS) is 18.6. The average molecular weight is 340 g/mol. The first-order valence-corrected chi connectivity index (χ1v) is 7.49. The van der Waals surface area contributed by atoms with Crippen LogP contribution in [0.25, 0.3) is 0 Å². The Kier molecular flexibility index (Phi) is 4.16. The zero-order chi connectivity index (χ0) is 17.3. The van der Waals surface area contributed by atoms with Crippen molar-refractivity contribution < 1.29 is 18.1 Å². The van der Waals surface area contributed by atoms with Crippen molar-refractivity contribution in [3.63, 3.8) is 0 Å². The van der Waals surface area contributed by atoms with E-state index in [0.29, 0.717) is 12.6 Å². The summed E-state index contributed by atoms with van der Waals surface area (Å²) in [6.45, 7) is 0.544. The number of H-pyrrole nitrogens is 1. The highest BCUT2D eigenvalue weighted by molar-refractivity contribution is 5.66. The summed E-state index contributed by atoms with van der Waals surface area (Å²) in [5, 5.41) is 17.9. The molecule has 128 valence electrons. The Labute approximate surface area is 135 Å². The number of aromatic nitrogens is 2. The highest BCUT2D eigenvalue weighted by Gasteiger charge is 2.35. The second-order valence-electron chi connectivity index (χ2n) is 5.69. The molecule has 0 bridgehead atoms. The maximum Gasteiger partial charge on any atom is 0.416 e. The fourth-order valence-corrected chi connectivity index (χ4v) is 3.10. The van der Waals surface area contributed by atoms with Crippen LogP contribution in [0.4, 0.5) is 24.5 Å². The smallest absolute Gasteiger partial charge is 0.359 e. The maximum atomic E-state index is 12.9. The zero-order valence-corrected chi connectivity index (χ0v) is 12.6. The number of hydrogen-bond acceptors (Lipinski definition) is 4. The third-order valence-corrected chi connectivity index (χ3v) is 4.22. The molecule has 1 aliphatic heterocycles. The largest absolute Gasteiger partial charge is 0.416 e. The number of halogens is 3. The first kappa shape index (κ1) is 16.3. The van der Waals surface area contributed by atoms with E-state index >= 15 is 0 Å². The van der Waals surface area contributed by atoms with Gasteiger partial charge in [0, 0.05) is 24.4 Å². The molecule has 24 heavy (non-hydrogen) atoms. The van der Waals surface area contributed by atoms with E-state index in [2.05, 4.69) is 10.2 Å². The van der Waals surface area contributed by atoms with E-state index in [0.717, 1.165) is 30.9 Å². The van der Waals surface area contributed by atoms with Crippen LogP contribution in [0.3, 0.4) is 0 Å². The minimum absolute atomic E-state index is 0.145. The third-order valence-electron chi connectivity index (χ3n) is 4.22. The Morgan fingerprint density at radius 2 is 2.12 bits per heavy atom. The van der Waals surface area contributed by atoms with Gasteiger partial charge in [-0.25, -0.2) is 0 Å². The lowest BCUT2D eigenvalue weighted by molar-refractivity contribution is -0.384. The summed E-state index contributed by atoms with van der Waals surface area (Å²) in [7, 11) is 0. The molecule has 1 aromatic heterocycles. The highest BCUT2D eigenvalue weighted by atomic mass is 19.4. The number of benzene rings is 1. The van der Waals surface area contributed by atoms with Crippen LogP contribution in [-0.2, 0) is 6.18 Å². The molecule has 3 rings (SSSR count). The number of nitrogens with zero attached hydrogens (tertiary/aromatic N) is 3. The number of hydrogen-bond donors (Lipinski definition) is 1. The zero-order valence-electron chi connectivity index (χ0n) is 12.6. The summed E-state index contributed by atoms with van der Waals surface area (Å²) >= 11 is 0. The van der Waals surface area contributed by atoms with Crippen LogP contribution >= 0.6 is 0 Å². The summed E-state index contributed by atoms with van der Waals surface area (Å²) < 4.78 is 38.6. The summed E-state index contributed by atoms with van der Waals surface area (Å²) in [5.74, 6) is 0. The Hall–Kier alpha value is -2.58. The highest BCUT2D eigenvalue weighted by Crippen LogP contribution is 2.41. The van der Waals surface area contributed by atoms with Gasteiger partial charge in [-0.3, -0.25) is 15.2 Å². The van der Waals surface area contributed by atoms with Gasteiger partial charge < -0.3 is 4.90 Å². The topological polar surface area (TPSA) is 75.1 Å². The molecule has 1 fully saturated rings. The lowest BCUT2D eigenvalue weighted by atomic mass is 9.96. The van der Waals surface area contributed by atoms with Crippen molar-refractivity contribution in [2.24, 2.45) is 0 Å². The molecule has 1 aromatic carbocycles. The van der Waals surface area contributed by atoms with Gasteiger partial charge in [-0.15, -0.1) is 0 Å². The molecule has 0 saturated carbocycles. The summed E-state index contributed by atoms with van der Waals surface area (Å²) in [5.41, 5.74) is -0.474. The second-order valence-corrected chi connectivity index (χ2v) is 5.69. The molecule has 1 atom stereocenters. The van der Waals surface area contributed by atoms with Gasteiger partial charge >= 0.3 is 6.18 Å². The Morgan fingerprint density at radius 1 is 1.33 bits per heavy atom. The van der Waals surface area contributed by atoms with E-state index in [9.17, 15) is 23.3 Å². The number of nitro benzene ring substituents is 1. The average Bonchev–Trinajstić information content (AvgIpc) is 3.07. The van der Waals surface area contributed by atoms with Crippen LogP contribution in [0.5, 0.6) is 0 Å². The van der Waals surface area contributed by atoms with Crippen molar-refractivity contribution in [1.82, 2.24) is 10.2 Å². The second kappa shape index (κ2) is 6.14. The molecule has 0 spiro atoms. The molecule has 0 radical (unpaired) electrons. The van der Waals surface area contributed by atoms with Gasteiger partial charge in [0.25, 0.3) is 5.69 Å². The molecule has 2 aromatic rings. The number of nitrogens with one attached hydrogen (secondary N) is 1. The third kappa shape index (κ3) is 3.06. The molecular formula is C15H15F3N4O2. The van der Waals surface area contributed by atoms with Gasteiger partial charge in [0.2, 0.25) is 0 Å². The minimum Gasteiger partial charge on any atom is -0.359 e. The molecule has 2 heterocycles. The van der Waals surface area contributed by atoms with Crippen LogP contribution < -0.4 is 4.90 Å². The molecule has 1 unspecified atom stereocenters. The van der Waals surface area contributed by atoms with Crippen molar-refractivity contribution >= 4 is 11.4 Å². The predicted octanol–water partition coefficient (Wildman–Crippen LogP) is 4.07. The van der Waals surface area contributed by atoms with Gasteiger partial charge in [0.15, 0.2) is 0 Å². The van der Waals surface area contributed by atoms with Crippen LogP contribution in [0.2, 0.25) is 0 Å². The minimum atomic E-state index is -4.62. The van der Waals surface area contributed by atoms with E-state index in [-0.39, 0.29) is 11.7 Å². The number of rotatable bonds is 3. The SMILES string of the molecule is O=[N+]([O-])c1cc(C(F)(F)F)ccc1N1CCCCC1c1cn[nH]c1. The predicted molar refractivity (Wildman–Crippen MR) is 80.6 cm³/mol. The fourth-order valence-electron chi connectivity index (χ4n) is 3.10. The summed E-state index contributed by atoms with van der Waals surface area (Å²) in [6, 6.07) is 2.55. The van der Waals surface area contributed by atoms with Gasteiger partial charge in [0.1, 0.15) is 5.69 Å². The van der Waals surface area contributed by atoms with Gasteiger partial charge in [-0.05, 0) is 31.4 Å². The molecular weight excluding hydrogens is 325 g/mol. The molecule has 1 saturated heterocycles. The monoisotopic (exact) mass is 340 g/mol. The van der Waals surface area contributed by atoms with Gasteiger partial charge in [-0.2, -0.15) is 18.3 Å². The van der Waals surface area contributed by atoms with Crippen molar-refractivity contribution in [1.29, 1.82) is 0 Å². The Bertz CT molecular complexity index is 731. The first-order valence-electron chi connectivity index (χ1n) is 7.49. The van der Waals surface area contributed by atoms with Crippen molar-refractivity contribution in [2.45, 2.75) is 31.5 Å². The number of piperidine rings is 1. The first-order chi connectivity index (χ1) is 11.4. The van der Waals surface area contributed by atoms with Gasteiger partial charge in [0.05, 0.1) is 22.7 Å². The van der Waals surface area contributed by atoms with E-state index < -0.39 is 22.4 Å². The summed E-state index contributed by atoms with van der Waals surface area (Å²) in [6.07, 6.45) is 1.26. The molecule has 6 nitrogen and oxygen atoms in total. The molecule has 1 N–H and O–H groups in total. The maximum absolute atomic E-state index is 12.9. The molecule has 9 heteroatoms. The lowest BCUT2D eigenvalue weighted by Crippen LogP contribution is -2.33. The van der Waals surface area contributed by atoms with E-state index in [1.807, 2.05) is 0 Å². The molecule has 0 amide bonds. The number of alkyl halides is 3. The van der Waals surface area contributed by atoms with E-state index in [1.54, 1.807) is 17.3 Å². The molecule has 0 aliphatic carbocycles. The quantitative estimate of drug-likeness (QED) is 0.675. The van der Waals surface area contributed by atoms with Crippen LogP contribution in [-0.4, -0.2) is 21.7 Å². The van der Waals surface area contributed by atoms with Crippen LogP contribution in [0.15, 0.2) is 30.6 Å². The Balaban J connectivity index is 2.04. The fraction of sp³-hybridized carbons (Fsp3) is 0.400. The van der Waals surface area contributed by atoms with Crippen LogP contribution in [0, 0.1) is 10.1 Å². The number of aromatic amines is 1.